The van der Waals surface area contributed by atoms with E-state index in [-0.39, 0.29) is 12.7 Å². The van der Waals surface area contributed by atoms with E-state index >= 15 is 0 Å². The number of nitrogens with one attached hydrogen (secondary N) is 2. The summed E-state index contributed by atoms with van der Waals surface area (Å²) in [6, 6.07) is 8.04. The molecule has 4 heteroatoms. The van der Waals surface area contributed by atoms with E-state index in [1.807, 2.05) is 19.1 Å². The van der Waals surface area contributed by atoms with Gasteiger partial charge in [0.05, 0.1) is 6.04 Å². The first-order chi connectivity index (χ1) is 9.31. The van der Waals surface area contributed by atoms with Gasteiger partial charge in [-0.2, -0.15) is 0 Å². The summed E-state index contributed by atoms with van der Waals surface area (Å²) in [5.41, 5.74) is 3.31. The van der Waals surface area contributed by atoms with Crippen LogP contribution >= 0.6 is 0 Å². The maximum absolute atomic E-state index is 13.6. The summed E-state index contributed by atoms with van der Waals surface area (Å²) in [4.78, 5) is 5.62. The second kappa shape index (κ2) is 5.31. The molecule has 2 aromatic rings. The fourth-order valence-electron chi connectivity index (χ4n) is 3.08. The van der Waals surface area contributed by atoms with E-state index in [4.69, 9.17) is 0 Å². The summed E-state index contributed by atoms with van der Waals surface area (Å²) < 4.78 is 13.6. The summed E-state index contributed by atoms with van der Waals surface area (Å²) >= 11 is 0. The normalized spacial score (nSPS) is 18.8. The van der Waals surface area contributed by atoms with Crippen LogP contribution in [-0.2, 0) is 0 Å². The summed E-state index contributed by atoms with van der Waals surface area (Å²) in [5.74, 6) is 0. The Morgan fingerprint density at radius 3 is 2.74 bits per heavy atom. The topological polar surface area (TPSA) is 31.1 Å². The van der Waals surface area contributed by atoms with E-state index in [0.717, 1.165) is 48.3 Å². The molecule has 3 nitrogen and oxygen atoms in total. The molecule has 2 N–H and O–H groups in total. The van der Waals surface area contributed by atoms with Gasteiger partial charge in [0.2, 0.25) is 0 Å². The molecule has 0 saturated carbocycles. The highest BCUT2D eigenvalue weighted by Gasteiger charge is 2.26. The first kappa shape index (κ1) is 12.6. The van der Waals surface area contributed by atoms with Gasteiger partial charge in [0.25, 0.3) is 0 Å². The third-order valence-corrected chi connectivity index (χ3v) is 4.02. The van der Waals surface area contributed by atoms with Crippen LogP contribution in [0, 0.1) is 6.92 Å². The standard InChI is InChI=1S/C15H20FN3/c1-11-15(12-4-2-3-5-13(12)18-11)14(10-16)19-8-6-17-7-9-19/h2-5,14,17-18H,6-10H2,1H3/t14-/m0/s1. The number of hydrogen-bond donors (Lipinski definition) is 2. The zero-order valence-electron chi connectivity index (χ0n) is 11.2. The number of aryl methyl sites for hydroxylation is 1. The highest BCUT2D eigenvalue weighted by Crippen LogP contribution is 2.31. The predicted molar refractivity (Wildman–Crippen MR) is 76.2 cm³/mol. The van der Waals surface area contributed by atoms with Crippen LogP contribution in [0.25, 0.3) is 10.9 Å². The molecule has 1 aliphatic rings. The molecule has 1 fully saturated rings. The number of rotatable bonds is 3. The van der Waals surface area contributed by atoms with Gasteiger partial charge in [-0.1, -0.05) is 18.2 Å². The summed E-state index contributed by atoms with van der Waals surface area (Å²) in [7, 11) is 0. The predicted octanol–water partition coefficient (Wildman–Crippen LogP) is 2.39. The first-order valence-corrected chi connectivity index (χ1v) is 6.89. The van der Waals surface area contributed by atoms with Crippen molar-refractivity contribution in [3.63, 3.8) is 0 Å². The third-order valence-electron chi connectivity index (χ3n) is 4.02. The van der Waals surface area contributed by atoms with Crippen LogP contribution in [0.1, 0.15) is 17.3 Å². The van der Waals surface area contributed by atoms with Gasteiger partial charge in [-0.05, 0) is 13.0 Å². The lowest BCUT2D eigenvalue weighted by Gasteiger charge is -2.33. The van der Waals surface area contributed by atoms with Crippen LogP contribution in [0.15, 0.2) is 24.3 Å². The minimum Gasteiger partial charge on any atom is -0.358 e. The summed E-state index contributed by atoms with van der Waals surface area (Å²) in [5, 5.41) is 4.47. The third kappa shape index (κ3) is 2.26. The van der Waals surface area contributed by atoms with Gasteiger partial charge in [0.15, 0.2) is 0 Å². The number of aromatic nitrogens is 1. The molecule has 1 aromatic heterocycles. The van der Waals surface area contributed by atoms with Gasteiger partial charge in [0.1, 0.15) is 6.67 Å². The molecule has 0 aliphatic carbocycles. The number of alkyl halides is 1. The Morgan fingerprint density at radius 2 is 2.00 bits per heavy atom. The number of H-pyrrole nitrogens is 1. The van der Waals surface area contributed by atoms with E-state index in [9.17, 15) is 4.39 Å². The largest absolute Gasteiger partial charge is 0.358 e. The molecule has 0 amide bonds. The van der Waals surface area contributed by atoms with Crippen molar-refractivity contribution in [1.82, 2.24) is 15.2 Å². The molecule has 0 unspecified atom stereocenters. The Kier molecular flexibility index (Phi) is 3.53. The highest BCUT2D eigenvalue weighted by atomic mass is 19.1. The van der Waals surface area contributed by atoms with E-state index in [1.165, 1.54) is 0 Å². The van der Waals surface area contributed by atoms with Crippen LogP contribution in [0.2, 0.25) is 0 Å². The SMILES string of the molecule is Cc1[nH]c2ccccc2c1[C@H](CF)N1CCNCC1. The fraction of sp³-hybridized carbons (Fsp3) is 0.467. The average Bonchev–Trinajstić information content (AvgIpc) is 2.78. The summed E-state index contributed by atoms with van der Waals surface area (Å²) in [6.07, 6.45) is 0. The van der Waals surface area contributed by atoms with E-state index in [2.05, 4.69) is 27.3 Å². The summed E-state index contributed by atoms with van der Waals surface area (Å²) in [6.45, 7) is 5.42. The lowest BCUT2D eigenvalue weighted by Crippen LogP contribution is -2.45. The van der Waals surface area contributed by atoms with Crippen LogP contribution in [-0.4, -0.2) is 42.7 Å². The number of piperazine rings is 1. The number of halogens is 1. The van der Waals surface area contributed by atoms with Crippen molar-refractivity contribution in [2.45, 2.75) is 13.0 Å². The zero-order valence-corrected chi connectivity index (χ0v) is 11.2. The molecule has 0 bridgehead atoms. The maximum atomic E-state index is 13.6. The van der Waals surface area contributed by atoms with Gasteiger partial charge in [0, 0.05) is 48.3 Å². The van der Waals surface area contributed by atoms with Crippen LogP contribution in [0.4, 0.5) is 4.39 Å². The minimum atomic E-state index is -0.331. The number of fused-ring (bicyclic) bond motifs is 1. The van der Waals surface area contributed by atoms with Gasteiger partial charge < -0.3 is 10.3 Å². The number of benzene rings is 1. The highest BCUT2D eigenvalue weighted by molar-refractivity contribution is 5.85. The van der Waals surface area contributed by atoms with E-state index in [1.54, 1.807) is 0 Å². The van der Waals surface area contributed by atoms with Crippen molar-refractivity contribution >= 4 is 10.9 Å². The van der Waals surface area contributed by atoms with Gasteiger partial charge in [-0.15, -0.1) is 0 Å². The maximum Gasteiger partial charge on any atom is 0.109 e. The van der Waals surface area contributed by atoms with Crippen molar-refractivity contribution in [2.75, 3.05) is 32.9 Å². The first-order valence-electron chi connectivity index (χ1n) is 6.89. The van der Waals surface area contributed by atoms with Crippen molar-refractivity contribution in [2.24, 2.45) is 0 Å². The van der Waals surface area contributed by atoms with Crippen LogP contribution < -0.4 is 5.32 Å². The Balaban J connectivity index is 2.02. The Hall–Kier alpha value is -1.39. The number of aromatic amines is 1. The molecule has 0 radical (unpaired) electrons. The molecule has 19 heavy (non-hydrogen) atoms. The molecule has 1 atom stereocenters. The zero-order chi connectivity index (χ0) is 13.2. The fourth-order valence-corrected chi connectivity index (χ4v) is 3.08. The van der Waals surface area contributed by atoms with Crippen LogP contribution in [0.3, 0.4) is 0 Å². The van der Waals surface area contributed by atoms with Crippen molar-refractivity contribution in [1.29, 1.82) is 0 Å². The second-order valence-electron chi connectivity index (χ2n) is 5.17. The second-order valence-corrected chi connectivity index (χ2v) is 5.17. The van der Waals surface area contributed by atoms with Gasteiger partial charge in [-0.25, -0.2) is 4.39 Å². The molecule has 1 saturated heterocycles. The molecule has 1 aromatic carbocycles. The van der Waals surface area contributed by atoms with Crippen LogP contribution in [0.5, 0.6) is 0 Å². The van der Waals surface area contributed by atoms with Gasteiger partial charge in [-0.3, -0.25) is 4.90 Å². The molecular formula is C15H20FN3. The molecule has 1 aliphatic heterocycles. The van der Waals surface area contributed by atoms with Crippen molar-refractivity contribution in [3.8, 4) is 0 Å². The number of nitrogens with zero attached hydrogens (tertiary/aromatic N) is 1. The smallest absolute Gasteiger partial charge is 0.109 e. The Morgan fingerprint density at radius 1 is 1.26 bits per heavy atom. The van der Waals surface area contributed by atoms with Crippen molar-refractivity contribution in [3.05, 3.63) is 35.5 Å². The lowest BCUT2D eigenvalue weighted by atomic mass is 10.0. The van der Waals surface area contributed by atoms with Gasteiger partial charge >= 0.3 is 0 Å². The van der Waals surface area contributed by atoms with E-state index in [0.29, 0.717) is 0 Å². The number of para-hydroxylation sites is 1. The Labute approximate surface area is 112 Å². The molecule has 102 valence electrons. The monoisotopic (exact) mass is 261 g/mol. The quantitative estimate of drug-likeness (QED) is 0.889. The number of hydrogen-bond acceptors (Lipinski definition) is 2. The lowest BCUT2D eigenvalue weighted by molar-refractivity contribution is 0.148. The molecular weight excluding hydrogens is 241 g/mol. The van der Waals surface area contributed by atoms with E-state index < -0.39 is 0 Å². The molecule has 0 spiro atoms. The molecule has 2 heterocycles. The average molecular weight is 261 g/mol. The van der Waals surface area contributed by atoms with Crippen molar-refractivity contribution < 1.29 is 4.39 Å². The molecule has 3 rings (SSSR count). The Bertz CT molecular complexity index is 558. The minimum absolute atomic E-state index is 0.127.